The second kappa shape index (κ2) is 5.33. The number of carbonyl (C=O) groups is 1. The van der Waals surface area contributed by atoms with Crippen LogP contribution in [0.4, 0.5) is 0 Å². The molecule has 2 aromatic carbocycles. The lowest BCUT2D eigenvalue weighted by Crippen LogP contribution is -1.95. The van der Waals surface area contributed by atoms with E-state index >= 15 is 0 Å². The van der Waals surface area contributed by atoms with Gasteiger partial charge >= 0.3 is 0 Å². The minimum absolute atomic E-state index is 0.148. The lowest BCUT2D eigenvalue weighted by atomic mass is 10.1. The van der Waals surface area contributed by atoms with Crippen LogP contribution in [-0.2, 0) is 6.42 Å². The molecular formula is C18H16O2. The molecule has 1 aliphatic rings. The molecule has 0 heterocycles. The number of hydrogen-bond donors (Lipinski definition) is 0. The van der Waals surface area contributed by atoms with Crippen LogP contribution in [0.5, 0.6) is 5.75 Å². The van der Waals surface area contributed by atoms with Gasteiger partial charge in [0.1, 0.15) is 5.75 Å². The molecular weight excluding hydrogens is 248 g/mol. The average Bonchev–Trinajstić information content (AvgIpc) is 2.79. The van der Waals surface area contributed by atoms with Crippen LogP contribution in [0.25, 0.3) is 6.08 Å². The first-order valence-corrected chi connectivity index (χ1v) is 6.84. The lowest BCUT2D eigenvalue weighted by Gasteiger charge is -2.03. The standard InChI is InChI=1S/C18H16O2/c1-2-20-16-9-7-13(8-10-16)11-15-12-14-5-3-4-6-17(14)18(15)19/h3-11H,2,12H2,1H3/b15-11+. The number of fused-ring (bicyclic) bond motifs is 1. The number of allylic oxidation sites excluding steroid dienone is 1. The molecule has 100 valence electrons. The van der Waals surface area contributed by atoms with Crippen molar-refractivity contribution >= 4 is 11.9 Å². The Hall–Kier alpha value is -2.35. The highest BCUT2D eigenvalue weighted by Crippen LogP contribution is 2.27. The van der Waals surface area contributed by atoms with E-state index in [1.165, 1.54) is 0 Å². The first-order chi connectivity index (χ1) is 9.78. The summed E-state index contributed by atoms with van der Waals surface area (Å²) in [7, 11) is 0. The third kappa shape index (κ3) is 2.37. The zero-order valence-corrected chi connectivity index (χ0v) is 11.4. The quantitative estimate of drug-likeness (QED) is 0.786. The molecule has 0 aliphatic heterocycles. The molecule has 2 aromatic rings. The number of hydrogen-bond acceptors (Lipinski definition) is 2. The molecule has 0 fully saturated rings. The Kier molecular flexibility index (Phi) is 3.38. The third-order valence-corrected chi connectivity index (χ3v) is 3.47. The lowest BCUT2D eigenvalue weighted by molar-refractivity contribution is 0.104. The van der Waals surface area contributed by atoms with Crippen molar-refractivity contribution < 1.29 is 9.53 Å². The molecule has 2 nitrogen and oxygen atoms in total. The van der Waals surface area contributed by atoms with E-state index in [4.69, 9.17) is 4.74 Å². The number of rotatable bonds is 3. The summed E-state index contributed by atoms with van der Waals surface area (Å²) >= 11 is 0. The summed E-state index contributed by atoms with van der Waals surface area (Å²) in [6, 6.07) is 15.6. The second-order valence-corrected chi connectivity index (χ2v) is 4.83. The van der Waals surface area contributed by atoms with Gasteiger partial charge in [-0.05, 0) is 36.3 Å². The molecule has 0 unspecified atom stereocenters. The summed E-state index contributed by atoms with van der Waals surface area (Å²) in [5, 5.41) is 0. The van der Waals surface area contributed by atoms with Crippen molar-refractivity contribution in [2.75, 3.05) is 6.61 Å². The van der Waals surface area contributed by atoms with Crippen LogP contribution in [0.15, 0.2) is 54.1 Å². The van der Waals surface area contributed by atoms with Gasteiger partial charge in [-0.1, -0.05) is 36.4 Å². The van der Waals surface area contributed by atoms with Crippen molar-refractivity contribution in [1.82, 2.24) is 0 Å². The first kappa shape index (κ1) is 12.7. The van der Waals surface area contributed by atoms with E-state index in [9.17, 15) is 4.79 Å². The number of benzene rings is 2. The molecule has 0 aromatic heterocycles. The van der Waals surface area contributed by atoms with Gasteiger partial charge in [0, 0.05) is 17.6 Å². The molecule has 0 saturated carbocycles. The van der Waals surface area contributed by atoms with Crippen molar-refractivity contribution in [3.8, 4) is 5.75 Å². The van der Waals surface area contributed by atoms with Crippen LogP contribution < -0.4 is 4.74 Å². The minimum atomic E-state index is 0.148. The fourth-order valence-corrected chi connectivity index (χ4v) is 2.50. The Morgan fingerprint density at radius 1 is 1.10 bits per heavy atom. The van der Waals surface area contributed by atoms with Crippen molar-refractivity contribution in [1.29, 1.82) is 0 Å². The van der Waals surface area contributed by atoms with E-state index in [0.29, 0.717) is 6.61 Å². The zero-order chi connectivity index (χ0) is 13.9. The molecule has 2 heteroatoms. The normalized spacial score (nSPS) is 15.4. The minimum Gasteiger partial charge on any atom is -0.494 e. The monoisotopic (exact) mass is 264 g/mol. The van der Waals surface area contributed by atoms with Gasteiger partial charge in [0.25, 0.3) is 0 Å². The zero-order valence-electron chi connectivity index (χ0n) is 11.4. The van der Waals surface area contributed by atoms with Crippen LogP contribution in [0.3, 0.4) is 0 Å². The molecule has 20 heavy (non-hydrogen) atoms. The maximum atomic E-state index is 12.3. The van der Waals surface area contributed by atoms with E-state index in [2.05, 4.69) is 0 Å². The molecule has 0 radical (unpaired) electrons. The summed E-state index contributed by atoms with van der Waals surface area (Å²) in [5.74, 6) is 1.00. The highest BCUT2D eigenvalue weighted by molar-refractivity contribution is 6.15. The van der Waals surface area contributed by atoms with Crippen molar-refractivity contribution in [2.24, 2.45) is 0 Å². The fourth-order valence-electron chi connectivity index (χ4n) is 2.50. The van der Waals surface area contributed by atoms with E-state index in [1.54, 1.807) is 0 Å². The highest BCUT2D eigenvalue weighted by atomic mass is 16.5. The highest BCUT2D eigenvalue weighted by Gasteiger charge is 2.23. The Morgan fingerprint density at radius 3 is 2.55 bits per heavy atom. The van der Waals surface area contributed by atoms with Crippen molar-refractivity contribution in [3.63, 3.8) is 0 Å². The van der Waals surface area contributed by atoms with Gasteiger partial charge in [-0.25, -0.2) is 0 Å². The van der Waals surface area contributed by atoms with Gasteiger partial charge in [0.05, 0.1) is 6.61 Å². The Bertz CT molecular complexity index is 666. The molecule has 1 aliphatic carbocycles. The number of carbonyl (C=O) groups excluding carboxylic acids is 1. The van der Waals surface area contributed by atoms with Crippen molar-refractivity contribution in [2.45, 2.75) is 13.3 Å². The number of Topliss-reactive ketones (excluding diaryl/α,β-unsaturated/α-hetero) is 1. The molecule has 0 spiro atoms. The molecule has 0 atom stereocenters. The second-order valence-electron chi connectivity index (χ2n) is 4.83. The third-order valence-electron chi connectivity index (χ3n) is 3.47. The largest absolute Gasteiger partial charge is 0.494 e. The topological polar surface area (TPSA) is 26.3 Å². The van der Waals surface area contributed by atoms with E-state index in [0.717, 1.165) is 34.4 Å². The number of ether oxygens (including phenoxy) is 1. The predicted octanol–water partition coefficient (Wildman–Crippen LogP) is 3.91. The first-order valence-electron chi connectivity index (χ1n) is 6.84. The Balaban J connectivity index is 1.85. The van der Waals surface area contributed by atoms with Crippen LogP contribution in [0.2, 0.25) is 0 Å². The predicted molar refractivity (Wildman–Crippen MR) is 80.1 cm³/mol. The Labute approximate surface area is 118 Å². The molecule has 0 N–H and O–H groups in total. The fraction of sp³-hybridized carbons (Fsp3) is 0.167. The van der Waals surface area contributed by atoms with Crippen molar-refractivity contribution in [3.05, 3.63) is 70.8 Å². The van der Waals surface area contributed by atoms with Gasteiger partial charge in [-0.2, -0.15) is 0 Å². The van der Waals surface area contributed by atoms with Crippen LogP contribution >= 0.6 is 0 Å². The maximum absolute atomic E-state index is 12.3. The van der Waals surface area contributed by atoms with Gasteiger partial charge in [-0.15, -0.1) is 0 Å². The SMILES string of the molecule is CCOc1ccc(/C=C2\Cc3ccccc3C2=O)cc1. The van der Waals surface area contributed by atoms with Crippen LogP contribution in [0, 0.1) is 0 Å². The van der Waals surface area contributed by atoms with Crippen LogP contribution in [0.1, 0.15) is 28.4 Å². The van der Waals surface area contributed by atoms with Gasteiger partial charge in [0.15, 0.2) is 5.78 Å². The van der Waals surface area contributed by atoms with E-state index in [1.807, 2.05) is 61.5 Å². The molecule has 0 saturated heterocycles. The number of ketones is 1. The van der Waals surface area contributed by atoms with Crippen LogP contribution in [-0.4, -0.2) is 12.4 Å². The Morgan fingerprint density at radius 2 is 1.85 bits per heavy atom. The molecule has 0 amide bonds. The summed E-state index contributed by atoms with van der Waals surface area (Å²) in [6.07, 6.45) is 2.69. The average molecular weight is 264 g/mol. The van der Waals surface area contributed by atoms with E-state index < -0.39 is 0 Å². The summed E-state index contributed by atoms with van der Waals surface area (Å²) < 4.78 is 5.41. The molecule has 0 bridgehead atoms. The van der Waals surface area contributed by atoms with Gasteiger partial charge in [0.2, 0.25) is 0 Å². The summed E-state index contributed by atoms with van der Waals surface area (Å²) in [5.41, 5.74) is 3.85. The maximum Gasteiger partial charge on any atom is 0.189 e. The summed E-state index contributed by atoms with van der Waals surface area (Å²) in [6.45, 7) is 2.62. The smallest absolute Gasteiger partial charge is 0.189 e. The van der Waals surface area contributed by atoms with Gasteiger partial charge < -0.3 is 4.74 Å². The molecule has 3 rings (SSSR count). The van der Waals surface area contributed by atoms with Gasteiger partial charge in [-0.3, -0.25) is 4.79 Å². The van der Waals surface area contributed by atoms with E-state index in [-0.39, 0.29) is 5.78 Å². The summed E-state index contributed by atoms with van der Waals surface area (Å²) in [4.78, 5) is 12.3.